The number of hydrogen-bond acceptors (Lipinski definition) is 4. The van der Waals surface area contributed by atoms with Crippen molar-refractivity contribution in [2.45, 2.75) is 25.3 Å². The maximum Gasteiger partial charge on any atom is 0.234 e. The van der Waals surface area contributed by atoms with Gasteiger partial charge in [0.25, 0.3) is 0 Å². The molecule has 4 nitrogen and oxygen atoms in total. The second-order valence-electron chi connectivity index (χ2n) is 5.99. The van der Waals surface area contributed by atoms with Crippen molar-refractivity contribution in [1.29, 1.82) is 5.26 Å². The van der Waals surface area contributed by atoms with E-state index >= 15 is 0 Å². The second-order valence-corrected chi connectivity index (χ2v) is 6.95. The Hall–Kier alpha value is -2.84. The first-order valence-corrected chi connectivity index (χ1v) is 9.41. The van der Waals surface area contributed by atoms with Crippen molar-refractivity contribution in [2.75, 3.05) is 11.1 Å². The van der Waals surface area contributed by atoms with Crippen molar-refractivity contribution in [3.05, 3.63) is 65.2 Å². The Balaban J connectivity index is 1.73. The fourth-order valence-corrected chi connectivity index (χ4v) is 3.43. The number of hydrogen-bond donors (Lipinski definition) is 1. The zero-order valence-corrected chi connectivity index (χ0v) is 15.6. The molecular weight excluding hydrogens is 342 g/mol. The fraction of sp³-hybridized carbons (Fsp3) is 0.190. The molecule has 0 atom stereocenters. The molecule has 0 unspecified atom stereocenters. The molecule has 0 spiro atoms. The number of nitriles is 1. The van der Waals surface area contributed by atoms with Crippen LogP contribution in [0.5, 0.6) is 0 Å². The van der Waals surface area contributed by atoms with Crippen LogP contribution in [0.15, 0.2) is 53.6 Å². The van der Waals surface area contributed by atoms with E-state index in [0.717, 1.165) is 28.6 Å². The van der Waals surface area contributed by atoms with E-state index in [0.29, 0.717) is 10.6 Å². The largest absolute Gasteiger partial charge is 0.325 e. The van der Waals surface area contributed by atoms with Crippen LogP contribution >= 0.6 is 11.8 Å². The van der Waals surface area contributed by atoms with Crippen molar-refractivity contribution in [2.24, 2.45) is 0 Å². The van der Waals surface area contributed by atoms with Crippen molar-refractivity contribution in [3.8, 4) is 6.07 Å². The Labute approximate surface area is 157 Å². The van der Waals surface area contributed by atoms with Gasteiger partial charge >= 0.3 is 0 Å². The molecule has 1 heterocycles. The molecule has 0 radical (unpaired) electrons. The molecule has 3 rings (SSSR count). The quantitative estimate of drug-likeness (QED) is 0.669. The number of aromatic nitrogens is 1. The number of carbonyl (C=O) groups is 1. The lowest BCUT2D eigenvalue weighted by molar-refractivity contribution is -0.113. The van der Waals surface area contributed by atoms with E-state index in [1.165, 1.54) is 17.3 Å². The van der Waals surface area contributed by atoms with Gasteiger partial charge in [-0.2, -0.15) is 5.26 Å². The minimum Gasteiger partial charge on any atom is -0.325 e. The number of nitrogens with zero attached hydrogens (tertiary/aromatic N) is 2. The molecule has 0 fully saturated rings. The summed E-state index contributed by atoms with van der Waals surface area (Å²) in [4.78, 5) is 16.8. The number of fused-ring (bicyclic) bond motifs is 1. The first-order valence-electron chi connectivity index (χ1n) is 8.42. The normalized spacial score (nSPS) is 10.5. The standard InChI is InChI=1S/C21H19N3OS/c1-3-15-7-9-18(10-8-15)23-19(25)13-26-21-17(12-22)11-16-6-4-5-14(2)20(16)24-21/h4-11H,3,13H2,1-2H3,(H,23,25). The highest BCUT2D eigenvalue weighted by Crippen LogP contribution is 2.26. The number of pyridine rings is 1. The van der Waals surface area contributed by atoms with E-state index in [-0.39, 0.29) is 11.7 Å². The number of carbonyl (C=O) groups excluding carboxylic acids is 1. The molecule has 0 aliphatic rings. The predicted molar refractivity (Wildman–Crippen MR) is 106 cm³/mol. The summed E-state index contributed by atoms with van der Waals surface area (Å²) >= 11 is 1.28. The summed E-state index contributed by atoms with van der Waals surface area (Å²) in [6.07, 6.45) is 0.966. The topological polar surface area (TPSA) is 65.8 Å². The second kappa shape index (κ2) is 8.03. The zero-order chi connectivity index (χ0) is 18.5. The van der Waals surface area contributed by atoms with E-state index in [4.69, 9.17) is 0 Å². The minimum absolute atomic E-state index is 0.116. The van der Waals surface area contributed by atoms with Crippen LogP contribution in [-0.2, 0) is 11.2 Å². The first-order chi connectivity index (χ1) is 12.6. The van der Waals surface area contributed by atoms with Crippen molar-refractivity contribution >= 4 is 34.3 Å². The van der Waals surface area contributed by atoms with E-state index < -0.39 is 0 Å². The highest BCUT2D eigenvalue weighted by atomic mass is 32.2. The molecule has 5 heteroatoms. The average molecular weight is 361 g/mol. The number of para-hydroxylation sites is 1. The molecule has 1 amide bonds. The number of benzene rings is 2. The third-order valence-corrected chi connectivity index (χ3v) is 5.11. The summed E-state index contributed by atoms with van der Waals surface area (Å²) in [7, 11) is 0. The summed E-state index contributed by atoms with van der Waals surface area (Å²) in [5.41, 5.74) is 4.41. The molecule has 0 bridgehead atoms. The Morgan fingerprint density at radius 2 is 2.00 bits per heavy atom. The number of anilines is 1. The van der Waals surface area contributed by atoms with Crippen LogP contribution in [0.25, 0.3) is 10.9 Å². The maximum atomic E-state index is 12.2. The van der Waals surface area contributed by atoms with Crippen LogP contribution in [0.3, 0.4) is 0 Å². The third-order valence-electron chi connectivity index (χ3n) is 4.12. The van der Waals surface area contributed by atoms with E-state index in [1.54, 1.807) is 0 Å². The molecule has 26 heavy (non-hydrogen) atoms. The molecular formula is C21H19N3OS. The monoisotopic (exact) mass is 361 g/mol. The van der Waals surface area contributed by atoms with Gasteiger partial charge in [0.2, 0.25) is 5.91 Å². The molecule has 1 N–H and O–H groups in total. The number of aryl methyl sites for hydroxylation is 2. The molecule has 3 aromatic rings. The van der Waals surface area contributed by atoms with Gasteiger partial charge in [0.1, 0.15) is 11.1 Å². The van der Waals surface area contributed by atoms with Crippen molar-refractivity contribution in [3.63, 3.8) is 0 Å². The first kappa shape index (κ1) is 18.0. The Bertz CT molecular complexity index is 991. The van der Waals surface area contributed by atoms with Crippen LogP contribution in [0.2, 0.25) is 0 Å². The summed E-state index contributed by atoms with van der Waals surface area (Å²) in [6.45, 7) is 4.08. The SMILES string of the molecule is CCc1ccc(NC(=O)CSc2nc3c(C)cccc3cc2C#N)cc1. The lowest BCUT2D eigenvalue weighted by Crippen LogP contribution is -2.14. The van der Waals surface area contributed by atoms with Crippen LogP contribution in [0.1, 0.15) is 23.6 Å². The van der Waals surface area contributed by atoms with Gasteiger partial charge in [-0.25, -0.2) is 4.98 Å². The fourth-order valence-electron chi connectivity index (χ4n) is 2.67. The zero-order valence-electron chi connectivity index (χ0n) is 14.7. The smallest absolute Gasteiger partial charge is 0.234 e. The summed E-state index contributed by atoms with van der Waals surface area (Å²) in [6, 6.07) is 17.7. The highest BCUT2D eigenvalue weighted by molar-refractivity contribution is 8.00. The van der Waals surface area contributed by atoms with Crippen LogP contribution < -0.4 is 5.32 Å². The molecule has 1 aromatic heterocycles. The summed E-state index contributed by atoms with van der Waals surface area (Å²) in [5.74, 6) is 0.0871. The van der Waals surface area contributed by atoms with Gasteiger partial charge in [-0.1, -0.05) is 49.0 Å². The van der Waals surface area contributed by atoms with Gasteiger partial charge < -0.3 is 5.32 Å². The minimum atomic E-state index is -0.116. The van der Waals surface area contributed by atoms with Gasteiger partial charge in [0, 0.05) is 11.1 Å². The van der Waals surface area contributed by atoms with Gasteiger partial charge in [0.05, 0.1) is 16.8 Å². The highest BCUT2D eigenvalue weighted by Gasteiger charge is 2.11. The maximum absolute atomic E-state index is 12.2. The van der Waals surface area contributed by atoms with Crippen LogP contribution in [-0.4, -0.2) is 16.6 Å². The van der Waals surface area contributed by atoms with Crippen molar-refractivity contribution in [1.82, 2.24) is 4.98 Å². The summed E-state index contributed by atoms with van der Waals surface area (Å²) in [5, 5.41) is 13.8. The number of amides is 1. The lowest BCUT2D eigenvalue weighted by atomic mass is 10.1. The number of nitrogens with one attached hydrogen (secondary N) is 1. The molecule has 0 saturated heterocycles. The van der Waals surface area contributed by atoms with Gasteiger partial charge in [-0.05, 0) is 42.7 Å². The molecule has 0 aliphatic carbocycles. The van der Waals surface area contributed by atoms with Gasteiger partial charge in [-0.15, -0.1) is 0 Å². The van der Waals surface area contributed by atoms with E-state index in [2.05, 4.69) is 23.3 Å². The van der Waals surface area contributed by atoms with E-state index in [1.807, 2.05) is 55.5 Å². The molecule has 0 saturated carbocycles. The lowest BCUT2D eigenvalue weighted by Gasteiger charge is -2.08. The van der Waals surface area contributed by atoms with Gasteiger partial charge in [-0.3, -0.25) is 4.79 Å². The van der Waals surface area contributed by atoms with Gasteiger partial charge in [0.15, 0.2) is 0 Å². The van der Waals surface area contributed by atoms with E-state index in [9.17, 15) is 10.1 Å². The summed E-state index contributed by atoms with van der Waals surface area (Å²) < 4.78 is 0. The third kappa shape index (κ3) is 4.04. The average Bonchev–Trinajstić information content (AvgIpc) is 2.66. The number of rotatable bonds is 5. The Morgan fingerprint density at radius 3 is 2.69 bits per heavy atom. The van der Waals surface area contributed by atoms with Crippen LogP contribution in [0.4, 0.5) is 5.69 Å². The predicted octanol–water partition coefficient (Wildman–Crippen LogP) is 4.71. The number of thioether (sulfide) groups is 1. The Morgan fingerprint density at radius 1 is 1.23 bits per heavy atom. The molecule has 130 valence electrons. The molecule has 2 aromatic carbocycles. The Kier molecular flexibility index (Phi) is 5.55. The van der Waals surface area contributed by atoms with Crippen molar-refractivity contribution < 1.29 is 4.79 Å². The van der Waals surface area contributed by atoms with Crippen LogP contribution in [0, 0.1) is 18.3 Å². The molecule has 0 aliphatic heterocycles.